The van der Waals surface area contributed by atoms with Crippen LogP contribution in [0.5, 0.6) is 0 Å². The number of hydrogen-bond acceptors (Lipinski definition) is 6. The minimum Gasteiger partial charge on any atom is -0.353 e. The number of imidazole rings is 1. The van der Waals surface area contributed by atoms with Gasteiger partial charge in [0.15, 0.2) is 5.82 Å². The standard InChI is InChI=1S/C24H25F3N8/c25-24(26,27)18-4-5-21-29-12-19(35(21)14-18)23-28-7-6-22(32-23)34-9-8-33(13-16-2-1-3-16)20(15-34)17-10-30-31-11-17/h4-7,10-12,14,16,20H,1-3,8-9,13,15H2,(H,30,31)/t20-/m1/s1. The Bertz CT molecular complexity index is 1310. The summed E-state index contributed by atoms with van der Waals surface area (Å²) in [5.41, 5.74) is 1.23. The van der Waals surface area contributed by atoms with Crippen LogP contribution in [0.3, 0.4) is 0 Å². The third kappa shape index (κ3) is 4.24. The highest BCUT2D eigenvalue weighted by molar-refractivity contribution is 5.59. The molecule has 0 spiro atoms. The van der Waals surface area contributed by atoms with Crippen LogP contribution in [0.25, 0.3) is 17.2 Å². The van der Waals surface area contributed by atoms with Crippen LogP contribution in [0.4, 0.5) is 19.0 Å². The Labute approximate surface area is 199 Å². The average Bonchev–Trinajstić information content (AvgIpc) is 3.51. The molecule has 0 aromatic carbocycles. The maximum atomic E-state index is 13.3. The van der Waals surface area contributed by atoms with E-state index in [1.165, 1.54) is 35.9 Å². The molecule has 5 heterocycles. The molecule has 6 rings (SSSR count). The van der Waals surface area contributed by atoms with Crippen LogP contribution in [-0.4, -0.2) is 60.6 Å². The number of hydrogen-bond donors (Lipinski definition) is 1. The van der Waals surface area contributed by atoms with Gasteiger partial charge in [-0.05, 0) is 37.0 Å². The summed E-state index contributed by atoms with van der Waals surface area (Å²) in [6, 6.07) is 4.42. The summed E-state index contributed by atoms with van der Waals surface area (Å²) in [6.07, 6.45) is 7.50. The molecule has 4 aromatic rings. The van der Waals surface area contributed by atoms with Crippen LogP contribution in [0, 0.1) is 5.92 Å². The van der Waals surface area contributed by atoms with Crippen molar-refractivity contribution in [3.8, 4) is 11.5 Å². The summed E-state index contributed by atoms with van der Waals surface area (Å²) in [7, 11) is 0. The Balaban J connectivity index is 1.29. The Morgan fingerprint density at radius 2 is 1.94 bits per heavy atom. The van der Waals surface area contributed by atoms with Crippen molar-refractivity contribution in [1.82, 2.24) is 34.4 Å². The molecule has 0 bridgehead atoms. The van der Waals surface area contributed by atoms with Crippen LogP contribution in [0.15, 0.2) is 49.2 Å². The maximum Gasteiger partial charge on any atom is 0.417 e. The molecule has 1 atom stereocenters. The van der Waals surface area contributed by atoms with E-state index in [9.17, 15) is 13.2 Å². The smallest absolute Gasteiger partial charge is 0.353 e. The lowest BCUT2D eigenvalue weighted by Gasteiger charge is -2.44. The van der Waals surface area contributed by atoms with E-state index in [-0.39, 0.29) is 6.04 Å². The van der Waals surface area contributed by atoms with Crippen molar-refractivity contribution < 1.29 is 13.2 Å². The van der Waals surface area contributed by atoms with E-state index in [2.05, 4.69) is 30.0 Å². The van der Waals surface area contributed by atoms with E-state index in [0.29, 0.717) is 17.2 Å². The van der Waals surface area contributed by atoms with Crippen LogP contribution in [0.1, 0.15) is 36.4 Å². The van der Waals surface area contributed by atoms with Crippen LogP contribution < -0.4 is 4.90 Å². The molecular formula is C24H25F3N8. The molecule has 1 aliphatic heterocycles. The average molecular weight is 483 g/mol. The van der Waals surface area contributed by atoms with Crippen LogP contribution in [-0.2, 0) is 6.18 Å². The fourth-order valence-electron chi connectivity index (χ4n) is 4.98. The summed E-state index contributed by atoms with van der Waals surface area (Å²) in [6.45, 7) is 3.54. The third-order valence-corrected chi connectivity index (χ3v) is 7.14. The molecule has 0 amide bonds. The van der Waals surface area contributed by atoms with Crippen molar-refractivity contribution in [2.24, 2.45) is 5.92 Å². The first-order chi connectivity index (χ1) is 17.0. The second-order valence-corrected chi connectivity index (χ2v) is 9.31. The largest absolute Gasteiger partial charge is 0.417 e. The van der Waals surface area contributed by atoms with Gasteiger partial charge in [0.25, 0.3) is 0 Å². The molecule has 4 aromatic heterocycles. The van der Waals surface area contributed by atoms with Gasteiger partial charge < -0.3 is 4.90 Å². The quantitative estimate of drug-likeness (QED) is 0.460. The maximum absolute atomic E-state index is 13.3. The van der Waals surface area contributed by atoms with Crippen LogP contribution >= 0.6 is 0 Å². The molecule has 1 aliphatic carbocycles. The molecule has 35 heavy (non-hydrogen) atoms. The van der Waals surface area contributed by atoms with Crippen molar-refractivity contribution in [3.63, 3.8) is 0 Å². The Kier molecular flexibility index (Phi) is 5.43. The van der Waals surface area contributed by atoms with E-state index in [0.717, 1.165) is 55.7 Å². The number of aromatic nitrogens is 6. The van der Waals surface area contributed by atoms with Gasteiger partial charge in [0.05, 0.1) is 24.0 Å². The number of nitrogens with one attached hydrogen (secondary N) is 1. The zero-order chi connectivity index (χ0) is 24.0. The second-order valence-electron chi connectivity index (χ2n) is 9.31. The summed E-state index contributed by atoms with van der Waals surface area (Å²) < 4.78 is 41.2. The molecule has 1 saturated heterocycles. The number of alkyl halides is 3. The van der Waals surface area contributed by atoms with Gasteiger partial charge in [-0.2, -0.15) is 18.3 Å². The second kappa shape index (κ2) is 8.63. The van der Waals surface area contributed by atoms with Gasteiger partial charge in [-0.3, -0.25) is 14.4 Å². The molecule has 8 nitrogen and oxygen atoms in total. The van der Waals surface area contributed by atoms with Gasteiger partial charge >= 0.3 is 6.18 Å². The molecular weight excluding hydrogens is 457 g/mol. The van der Waals surface area contributed by atoms with E-state index >= 15 is 0 Å². The molecule has 1 N–H and O–H groups in total. The zero-order valence-electron chi connectivity index (χ0n) is 19.0. The number of aromatic amines is 1. The number of fused-ring (bicyclic) bond motifs is 1. The number of rotatable bonds is 5. The summed E-state index contributed by atoms with van der Waals surface area (Å²) in [5.74, 6) is 1.85. The minimum absolute atomic E-state index is 0.187. The number of piperazine rings is 1. The van der Waals surface area contributed by atoms with Crippen molar-refractivity contribution in [1.29, 1.82) is 0 Å². The van der Waals surface area contributed by atoms with Gasteiger partial charge in [0, 0.05) is 50.3 Å². The van der Waals surface area contributed by atoms with E-state index < -0.39 is 11.7 Å². The van der Waals surface area contributed by atoms with Crippen molar-refractivity contribution in [2.75, 3.05) is 31.1 Å². The zero-order valence-corrected chi connectivity index (χ0v) is 19.0. The van der Waals surface area contributed by atoms with Gasteiger partial charge in [-0.15, -0.1) is 0 Å². The molecule has 0 radical (unpaired) electrons. The monoisotopic (exact) mass is 482 g/mol. The lowest BCUT2D eigenvalue weighted by Crippen LogP contribution is -2.50. The number of pyridine rings is 1. The molecule has 1 saturated carbocycles. The predicted octanol–water partition coefficient (Wildman–Crippen LogP) is 4.20. The molecule has 2 fully saturated rings. The fraction of sp³-hybridized carbons (Fsp3) is 0.417. The van der Waals surface area contributed by atoms with E-state index in [1.807, 2.05) is 18.5 Å². The van der Waals surface area contributed by atoms with Crippen molar-refractivity contribution >= 4 is 11.5 Å². The first-order valence-corrected chi connectivity index (χ1v) is 11.8. The topological polar surface area (TPSA) is 78.2 Å². The van der Waals surface area contributed by atoms with Gasteiger partial charge in [-0.1, -0.05) is 6.42 Å². The van der Waals surface area contributed by atoms with Crippen molar-refractivity contribution in [3.05, 3.63) is 60.3 Å². The first-order valence-electron chi connectivity index (χ1n) is 11.8. The minimum atomic E-state index is -4.44. The number of anilines is 1. The fourth-order valence-corrected chi connectivity index (χ4v) is 4.98. The molecule has 11 heteroatoms. The molecule has 182 valence electrons. The summed E-state index contributed by atoms with van der Waals surface area (Å²) in [4.78, 5) is 18.1. The number of H-pyrrole nitrogens is 1. The van der Waals surface area contributed by atoms with Crippen molar-refractivity contribution in [2.45, 2.75) is 31.5 Å². The van der Waals surface area contributed by atoms with Crippen LogP contribution in [0.2, 0.25) is 0 Å². The molecule has 2 aliphatic rings. The summed E-state index contributed by atoms with van der Waals surface area (Å²) in [5, 5.41) is 7.09. The highest BCUT2D eigenvalue weighted by atomic mass is 19.4. The lowest BCUT2D eigenvalue weighted by atomic mass is 9.84. The normalized spacial score (nSPS) is 19.9. The van der Waals surface area contributed by atoms with Gasteiger partial charge in [-0.25, -0.2) is 15.0 Å². The van der Waals surface area contributed by atoms with Gasteiger partial charge in [0.1, 0.15) is 17.2 Å². The lowest BCUT2D eigenvalue weighted by molar-refractivity contribution is -0.137. The summed E-state index contributed by atoms with van der Waals surface area (Å²) >= 11 is 0. The Morgan fingerprint density at radius 1 is 1.06 bits per heavy atom. The number of halogens is 3. The van der Waals surface area contributed by atoms with E-state index in [4.69, 9.17) is 4.98 Å². The van der Waals surface area contributed by atoms with E-state index in [1.54, 1.807) is 6.20 Å². The highest BCUT2D eigenvalue weighted by Crippen LogP contribution is 2.34. The highest BCUT2D eigenvalue weighted by Gasteiger charge is 2.33. The molecule has 0 unspecified atom stereocenters. The SMILES string of the molecule is FC(F)(F)c1ccc2ncc(-c3nccc(N4CCN(CC5CCC5)[C@@H](c5cn[nH]c5)C4)n3)n2c1. The first kappa shape index (κ1) is 22.0. The third-order valence-electron chi connectivity index (χ3n) is 7.14. The Morgan fingerprint density at radius 3 is 2.69 bits per heavy atom. The van der Waals surface area contributed by atoms with Gasteiger partial charge in [0.2, 0.25) is 0 Å². The Hall–Kier alpha value is -3.47. The predicted molar refractivity (Wildman–Crippen MR) is 124 cm³/mol. The number of nitrogens with zero attached hydrogens (tertiary/aromatic N) is 7.